The molecule has 1 aliphatic heterocycles. The van der Waals surface area contributed by atoms with Crippen LogP contribution in [0.1, 0.15) is 22.5 Å². The molecule has 0 radical (unpaired) electrons. The van der Waals surface area contributed by atoms with Gasteiger partial charge in [0.25, 0.3) is 11.8 Å². The van der Waals surface area contributed by atoms with Crippen LogP contribution in [0.25, 0.3) is 0 Å². The van der Waals surface area contributed by atoms with E-state index in [0.717, 1.165) is 0 Å². The minimum Gasteiger partial charge on any atom is -0.453 e. The predicted molar refractivity (Wildman–Crippen MR) is 91.3 cm³/mol. The molecule has 1 aromatic heterocycles. The van der Waals surface area contributed by atoms with Gasteiger partial charge in [-0.2, -0.15) is 0 Å². The fraction of sp³-hybridized carbons (Fsp3) is 0.222. The molecule has 2 amide bonds. The highest BCUT2D eigenvalue weighted by atomic mass is 19.1. The molecule has 3 rings (SSSR count). The number of ether oxygens (including phenoxy) is 1. The summed E-state index contributed by atoms with van der Waals surface area (Å²) >= 11 is 0. The Balaban J connectivity index is 1.47. The second kappa shape index (κ2) is 7.81. The van der Waals surface area contributed by atoms with E-state index in [-0.39, 0.29) is 6.42 Å². The zero-order valence-electron chi connectivity index (χ0n) is 14.3. The van der Waals surface area contributed by atoms with Crippen LogP contribution in [0.5, 0.6) is 0 Å². The van der Waals surface area contributed by atoms with E-state index in [0.29, 0.717) is 17.0 Å². The van der Waals surface area contributed by atoms with E-state index in [1.165, 1.54) is 18.2 Å². The molecule has 2 heterocycles. The van der Waals surface area contributed by atoms with Crippen LogP contribution in [0.3, 0.4) is 0 Å². The standard InChI is InChI=1S/C18H16FN3O5/c1-22-7-3-6-14(22)17(24)20-16(23)10-26-18(25)15-9-13(21-27-15)11-4-2-5-12(19)8-11/h2-8,15H,9-10H2,1H3,(H,20,23,24). The van der Waals surface area contributed by atoms with Crippen LogP contribution in [0.15, 0.2) is 47.8 Å². The molecule has 0 aliphatic carbocycles. The lowest BCUT2D eigenvalue weighted by atomic mass is 10.1. The van der Waals surface area contributed by atoms with Gasteiger partial charge in [-0.3, -0.25) is 14.9 Å². The number of nitrogens with one attached hydrogen (secondary N) is 1. The summed E-state index contributed by atoms with van der Waals surface area (Å²) in [6, 6.07) is 8.94. The van der Waals surface area contributed by atoms with Crippen molar-refractivity contribution in [1.82, 2.24) is 9.88 Å². The highest BCUT2D eigenvalue weighted by Gasteiger charge is 2.31. The smallest absolute Gasteiger partial charge is 0.351 e. The number of imide groups is 1. The number of hydrogen-bond acceptors (Lipinski definition) is 6. The summed E-state index contributed by atoms with van der Waals surface area (Å²) in [6.07, 6.45) is 0.721. The minimum absolute atomic E-state index is 0.0895. The van der Waals surface area contributed by atoms with E-state index in [9.17, 15) is 18.8 Å². The van der Waals surface area contributed by atoms with Gasteiger partial charge in [-0.25, -0.2) is 9.18 Å². The third-order valence-electron chi connectivity index (χ3n) is 3.86. The van der Waals surface area contributed by atoms with E-state index >= 15 is 0 Å². The van der Waals surface area contributed by atoms with Crippen molar-refractivity contribution >= 4 is 23.5 Å². The van der Waals surface area contributed by atoms with Crippen molar-refractivity contribution in [2.45, 2.75) is 12.5 Å². The van der Waals surface area contributed by atoms with Gasteiger partial charge in [-0.05, 0) is 24.3 Å². The van der Waals surface area contributed by atoms with Gasteiger partial charge < -0.3 is 14.1 Å². The number of nitrogens with zero attached hydrogens (tertiary/aromatic N) is 2. The van der Waals surface area contributed by atoms with Crippen molar-refractivity contribution in [3.63, 3.8) is 0 Å². The number of aromatic nitrogens is 1. The molecule has 0 spiro atoms. The third-order valence-corrected chi connectivity index (χ3v) is 3.86. The Hall–Kier alpha value is -3.49. The molecule has 0 saturated heterocycles. The molecular weight excluding hydrogens is 357 g/mol. The average Bonchev–Trinajstić information content (AvgIpc) is 3.29. The average molecular weight is 373 g/mol. The van der Waals surface area contributed by atoms with Gasteiger partial charge >= 0.3 is 5.97 Å². The Morgan fingerprint density at radius 3 is 2.85 bits per heavy atom. The van der Waals surface area contributed by atoms with Gasteiger partial charge in [0.1, 0.15) is 11.5 Å². The molecule has 140 valence electrons. The number of benzene rings is 1. The van der Waals surface area contributed by atoms with Crippen molar-refractivity contribution in [2.75, 3.05) is 6.61 Å². The Morgan fingerprint density at radius 2 is 2.15 bits per heavy atom. The predicted octanol–water partition coefficient (Wildman–Crippen LogP) is 1.16. The molecule has 1 aliphatic rings. The number of amides is 2. The number of rotatable bonds is 5. The van der Waals surface area contributed by atoms with Crippen molar-refractivity contribution in [3.8, 4) is 0 Å². The Bertz CT molecular complexity index is 921. The lowest BCUT2D eigenvalue weighted by molar-refractivity contribution is -0.158. The van der Waals surface area contributed by atoms with Crippen molar-refractivity contribution in [1.29, 1.82) is 0 Å². The maximum Gasteiger partial charge on any atom is 0.351 e. The van der Waals surface area contributed by atoms with Crippen LogP contribution in [0.2, 0.25) is 0 Å². The summed E-state index contributed by atoms with van der Waals surface area (Å²) in [5.74, 6) is -2.59. The second-order valence-corrected chi connectivity index (χ2v) is 5.84. The number of halogens is 1. The van der Waals surface area contributed by atoms with Crippen LogP contribution in [-0.4, -0.2) is 40.8 Å². The van der Waals surface area contributed by atoms with Crippen LogP contribution in [0, 0.1) is 5.82 Å². The molecule has 1 aromatic carbocycles. The molecule has 1 unspecified atom stereocenters. The maximum atomic E-state index is 13.3. The van der Waals surface area contributed by atoms with E-state index in [1.807, 2.05) is 0 Å². The summed E-state index contributed by atoms with van der Waals surface area (Å²) in [5.41, 5.74) is 1.19. The monoisotopic (exact) mass is 373 g/mol. The van der Waals surface area contributed by atoms with Crippen molar-refractivity contribution in [2.24, 2.45) is 12.2 Å². The van der Waals surface area contributed by atoms with Crippen LogP contribution in [-0.2, 0) is 26.2 Å². The molecule has 0 bridgehead atoms. The Morgan fingerprint density at radius 1 is 1.33 bits per heavy atom. The molecule has 27 heavy (non-hydrogen) atoms. The quantitative estimate of drug-likeness (QED) is 0.793. The van der Waals surface area contributed by atoms with Gasteiger partial charge in [0, 0.05) is 25.2 Å². The van der Waals surface area contributed by atoms with Crippen molar-refractivity contribution < 1.29 is 28.3 Å². The van der Waals surface area contributed by atoms with Crippen molar-refractivity contribution in [3.05, 3.63) is 59.7 Å². The molecule has 0 fully saturated rings. The Labute approximate surface area is 153 Å². The summed E-state index contributed by atoms with van der Waals surface area (Å²) in [5, 5.41) is 5.88. The van der Waals surface area contributed by atoms with Gasteiger partial charge in [0.05, 0.1) is 5.71 Å². The normalized spacial score (nSPS) is 15.6. The molecule has 2 aromatic rings. The molecule has 9 heteroatoms. The molecule has 8 nitrogen and oxygen atoms in total. The Kier molecular flexibility index (Phi) is 5.30. The number of hydrogen-bond donors (Lipinski definition) is 1. The summed E-state index contributed by atoms with van der Waals surface area (Å²) < 4.78 is 19.7. The van der Waals surface area contributed by atoms with E-state index in [2.05, 4.69) is 10.5 Å². The summed E-state index contributed by atoms with van der Waals surface area (Å²) in [4.78, 5) is 40.7. The number of carbonyl (C=O) groups is 3. The second-order valence-electron chi connectivity index (χ2n) is 5.84. The first kappa shape index (κ1) is 18.3. The van der Waals surface area contributed by atoms with Gasteiger partial charge in [-0.1, -0.05) is 17.3 Å². The highest BCUT2D eigenvalue weighted by molar-refractivity contribution is 6.05. The van der Waals surface area contributed by atoms with Gasteiger partial charge in [0.2, 0.25) is 6.10 Å². The molecule has 0 saturated carbocycles. The molecule has 1 atom stereocenters. The topological polar surface area (TPSA) is 99.0 Å². The van der Waals surface area contributed by atoms with Crippen LogP contribution < -0.4 is 5.32 Å². The van der Waals surface area contributed by atoms with Crippen LogP contribution >= 0.6 is 0 Å². The van der Waals surface area contributed by atoms with Gasteiger partial charge in [-0.15, -0.1) is 0 Å². The van der Waals surface area contributed by atoms with Gasteiger partial charge in [0.15, 0.2) is 6.61 Å². The van der Waals surface area contributed by atoms with E-state index in [1.54, 1.807) is 36.0 Å². The number of oxime groups is 1. The lowest BCUT2D eigenvalue weighted by Gasteiger charge is -2.09. The highest BCUT2D eigenvalue weighted by Crippen LogP contribution is 2.18. The first-order chi connectivity index (χ1) is 12.9. The SMILES string of the molecule is Cn1cccc1C(=O)NC(=O)COC(=O)C1CC(c2cccc(F)c2)=NO1. The van der Waals surface area contributed by atoms with Crippen LogP contribution in [0.4, 0.5) is 4.39 Å². The third kappa shape index (κ3) is 4.38. The number of aryl methyl sites for hydroxylation is 1. The first-order valence-electron chi connectivity index (χ1n) is 8.05. The zero-order chi connectivity index (χ0) is 19.4. The largest absolute Gasteiger partial charge is 0.453 e. The fourth-order valence-electron chi connectivity index (χ4n) is 2.50. The van der Waals surface area contributed by atoms with E-state index in [4.69, 9.17) is 9.57 Å². The summed E-state index contributed by atoms with van der Waals surface area (Å²) in [6.45, 7) is -0.635. The first-order valence-corrected chi connectivity index (χ1v) is 8.05. The number of carbonyl (C=O) groups excluding carboxylic acids is 3. The zero-order valence-corrected chi connectivity index (χ0v) is 14.3. The molecule has 1 N–H and O–H groups in total. The minimum atomic E-state index is -1.03. The van der Waals surface area contributed by atoms with E-state index < -0.39 is 36.3 Å². The molecular formula is C18H16FN3O5. The lowest BCUT2D eigenvalue weighted by Crippen LogP contribution is -2.36. The fourth-order valence-corrected chi connectivity index (χ4v) is 2.50. The summed E-state index contributed by atoms with van der Waals surface area (Å²) in [7, 11) is 1.66. The number of esters is 1. The maximum absolute atomic E-state index is 13.3.